The predicted molar refractivity (Wildman–Crippen MR) is 436 cm³/mol. The molecule has 0 fully saturated rings. The molecule has 0 unspecified atom stereocenters. The molecule has 0 atom stereocenters. The van der Waals surface area contributed by atoms with Crippen LogP contribution in [0.4, 0.5) is 34.1 Å². The molecule has 0 amide bonds. The van der Waals surface area contributed by atoms with Crippen molar-refractivity contribution in [3.63, 3.8) is 0 Å². The van der Waals surface area contributed by atoms with E-state index in [1.807, 2.05) is 0 Å². The van der Waals surface area contributed by atoms with E-state index >= 15 is 0 Å². The average Bonchev–Trinajstić information content (AvgIpc) is 1.53. The van der Waals surface area contributed by atoms with Crippen molar-refractivity contribution in [1.29, 1.82) is 0 Å². The molecule has 4 heterocycles. The molecule has 0 saturated carbocycles. The number of furan rings is 2. The summed E-state index contributed by atoms with van der Waals surface area (Å²) in [5.74, 6) is 0. The summed E-state index contributed by atoms with van der Waals surface area (Å²) in [5.41, 5.74) is 30.7. The van der Waals surface area contributed by atoms with Crippen molar-refractivity contribution in [2.24, 2.45) is 0 Å². The lowest BCUT2D eigenvalue weighted by molar-refractivity contribution is 0.660. The second-order valence-electron chi connectivity index (χ2n) is 31.1. The van der Waals surface area contributed by atoms with Gasteiger partial charge >= 0.3 is 0 Å². The van der Waals surface area contributed by atoms with Gasteiger partial charge in [-0.25, -0.2) is 0 Å². The fourth-order valence-electron chi connectivity index (χ4n) is 19.5. The van der Waals surface area contributed by atoms with Crippen LogP contribution in [0.25, 0.3) is 159 Å². The molecule has 3 aliphatic rings. The van der Waals surface area contributed by atoms with E-state index in [4.69, 9.17) is 8.83 Å². The number of para-hydroxylation sites is 2. The van der Waals surface area contributed by atoms with Crippen LogP contribution in [0, 0.1) is 0 Å². The maximum absolute atomic E-state index is 7.16. The minimum absolute atomic E-state index is 0.136. The van der Waals surface area contributed by atoms with Gasteiger partial charge in [0, 0.05) is 82.1 Å². The monoisotopic (exact) mass is 1330 g/mol. The molecule has 0 saturated heterocycles. The number of benzene rings is 16. The first-order valence-corrected chi connectivity index (χ1v) is 36.5. The van der Waals surface area contributed by atoms with E-state index in [1.165, 1.54) is 132 Å². The highest BCUT2D eigenvalue weighted by Crippen LogP contribution is 2.58. The molecule has 0 bridgehead atoms. The third-order valence-corrected chi connectivity index (χ3v) is 24.6. The zero-order valence-electron chi connectivity index (χ0n) is 58.4. The maximum atomic E-state index is 7.16. The summed E-state index contributed by atoms with van der Waals surface area (Å²) in [5, 5.41) is 16.5. The third kappa shape index (κ3) is 7.72. The quantitative estimate of drug-likeness (QED) is 0.159. The third-order valence-electron chi connectivity index (χ3n) is 24.6. The maximum Gasteiger partial charge on any atom is 0.159 e. The normalized spacial score (nSPS) is 14.5. The molecule has 0 spiro atoms. The van der Waals surface area contributed by atoms with Gasteiger partial charge in [0.1, 0.15) is 11.2 Å². The number of aromatic nitrogens is 1. The van der Waals surface area contributed by atoms with Gasteiger partial charge in [0.15, 0.2) is 11.2 Å². The van der Waals surface area contributed by atoms with Gasteiger partial charge in [-0.3, -0.25) is 0 Å². The van der Waals surface area contributed by atoms with E-state index in [9.17, 15) is 0 Å². The fraction of sp³-hybridized carbons (Fsp3) is 0.0909. The van der Waals surface area contributed by atoms with Crippen LogP contribution in [0.5, 0.6) is 0 Å². The molecule has 16 aromatic carbocycles. The molecule has 5 heteroatoms. The highest BCUT2D eigenvalue weighted by Gasteiger charge is 2.40. The average molecular weight is 1330 g/mol. The van der Waals surface area contributed by atoms with Gasteiger partial charge in [0.25, 0.3) is 0 Å². The summed E-state index contributed by atoms with van der Waals surface area (Å²) >= 11 is 0. The lowest BCUT2D eigenvalue weighted by atomic mass is 9.81. The Bertz CT molecular complexity index is 7220. The molecular formula is C99H67N3O2. The van der Waals surface area contributed by atoms with Gasteiger partial charge in [-0.2, -0.15) is 0 Å². The first-order chi connectivity index (χ1) is 50.8. The van der Waals surface area contributed by atoms with E-state index in [-0.39, 0.29) is 16.2 Å². The Labute approximate surface area is 600 Å². The second kappa shape index (κ2) is 20.3. The number of anilines is 6. The van der Waals surface area contributed by atoms with Crippen LogP contribution in [0.2, 0.25) is 0 Å². The summed E-state index contributed by atoms with van der Waals surface area (Å²) in [7, 11) is 0. The standard InChI is InChI=1S/C99H67N3O2/c1-97(2)81-30-16-14-26-67(81)75-51-63(37-41-83(75)97)100(88-32-18-28-71-77-44-57-22-10-12-24-59(57)49-91(77)103-95(71)88)65-35-39-69-74-46-61-34-43-87-93(73(61)55-86(74)99(5,6)85(69)53-65)80-48-62(56-20-8-7-9-21-56)47-79-70-40-36-66(54-90(70)102(87)94(79)80)101(64-38-42-84-76(52-64)68-27-15-17-31-82(68)98(84,3)4)89-33-19-29-72-78-45-58-23-11-13-25-60(58)50-92(78)104-96(72)89/h7-55H,1-6H3. The van der Waals surface area contributed by atoms with Crippen molar-refractivity contribution >= 4 is 148 Å². The molecule has 490 valence electrons. The Morgan fingerprint density at radius 1 is 0.260 bits per heavy atom. The zero-order valence-corrected chi connectivity index (χ0v) is 58.4. The summed E-state index contributed by atoms with van der Waals surface area (Å²) in [6.07, 6.45) is 0. The molecule has 5 nitrogen and oxygen atoms in total. The lowest BCUT2D eigenvalue weighted by Crippen LogP contribution is -2.17. The second-order valence-corrected chi connectivity index (χ2v) is 31.1. The zero-order chi connectivity index (χ0) is 69.0. The van der Waals surface area contributed by atoms with Gasteiger partial charge in [0.05, 0.1) is 27.9 Å². The molecular weight excluding hydrogens is 1260 g/mol. The first kappa shape index (κ1) is 58.0. The Morgan fingerprint density at radius 3 is 1.34 bits per heavy atom. The van der Waals surface area contributed by atoms with Crippen LogP contribution >= 0.6 is 0 Å². The van der Waals surface area contributed by atoms with Crippen molar-refractivity contribution in [1.82, 2.24) is 4.40 Å². The van der Waals surface area contributed by atoms with Crippen molar-refractivity contribution < 1.29 is 8.83 Å². The van der Waals surface area contributed by atoms with E-state index in [1.54, 1.807) is 0 Å². The van der Waals surface area contributed by atoms with Crippen LogP contribution in [0.15, 0.2) is 306 Å². The summed E-state index contributed by atoms with van der Waals surface area (Å²) in [6, 6.07) is 112. The topological polar surface area (TPSA) is 37.2 Å². The van der Waals surface area contributed by atoms with Crippen LogP contribution in [-0.4, -0.2) is 4.40 Å². The van der Waals surface area contributed by atoms with Crippen molar-refractivity contribution in [2.75, 3.05) is 9.80 Å². The molecule has 0 radical (unpaired) electrons. The van der Waals surface area contributed by atoms with Crippen molar-refractivity contribution in [2.45, 2.75) is 57.8 Å². The summed E-state index contributed by atoms with van der Waals surface area (Å²) < 4.78 is 16.9. The molecule has 3 aliphatic carbocycles. The van der Waals surface area contributed by atoms with Gasteiger partial charge in [-0.15, -0.1) is 0 Å². The number of hydrogen-bond donors (Lipinski definition) is 0. The Kier molecular flexibility index (Phi) is 11.3. The SMILES string of the molecule is CC1(C)c2ccccc2-c2cc(N(c3ccc4c(c3)C(C)(C)c3cc5c(ccc6c5c5cc(-c7ccccc7)cc7c8ccc(N(c9ccc%10c(c9)-c9ccccc9C%10(C)C)c9cccc%10c9oc9cc%11ccccc%11cc9%10)cc8n6c75)cc3-4)c3cccc4c3oc3cc5ccccc5cc34)ccc21. The summed E-state index contributed by atoms with van der Waals surface area (Å²) in [4.78, 5) is 4.91. The Hall–Kier alpha value is -12.7. The number of fused-ring (bicyclic) bond motifs is 25. The van der Waals surface area contributed by atoms with E-state index in [0.29, 0.717) is 0 Å². The minimum atomic E-state index is -0.388. The molecule has 0 aliphatic heterocycles. The molecule has 23 rings (SSSR count). The Balaban J connectivity index is 0.722. The van der Waals surface area contributed by atoms with Crippen LogP contribution < -0.4 is 9.80 Å². The number of rotatable bonds is 7. The molecule has 4 aromatic heterocycles. The van der Waals surface area contributed by atoms with Crippen LogP contribution in [0.3, 0.4) is 0 Å². The smallest absolute Gasteiger partial charge is 0.159 e. The lowest BCUT2D eigenvalue weighted by Gasteiger charge is -2.29. The van der Waals surface area contributed by atoms with Gasteiger partial charge in [-0.1, -0.05) is 224 Å². The predicted octanol–water partition coefficient (Wildman–Crippen LogP) is 27.6. The largest absolute Gasteiger partial charge is 0.454 e. The van der Waals surface area contributed by atoms with Crippen LogP contribution in [-0.2, 0) is 16.2 Å². The first-order valence-electron chi connectivity index (χ1n) is 36.5. The van der Waals surface area contributed by atoms with Gasteiger partial charge in [-0.05, 0) is 225 Å². The van der Waals surface area contributed by atoms with Gasteiger partial charge in [0.2, 0.25) is 0 Å². The van der Waals surface area contributed by atoms with Crippen molar-refractivity contribution in [3.05, 3.63) is 331 Å². The van der Waals surface area contributed by atoms with E-state index in [0.717, 1.165) is 94.3 Å². The van der Waals surface area contributed by atoms with E-state index in [2.05, 4.69) is 353 Å². The van der Waals surface area contributed by atoms with Crippen LogP contribution in [0.1, 0.15) is 74.9 Å². The van der Waals surface area contributed by atoms with Crippen molar-refractivity contribution in [3.8, 4) is 44.5 Å². The Morgan fingerprint density at radius 2 is 0.731 bits per heavy atom. The number of nitrogens with zero attached hydrogens (tertiary/aromatic N) is 3. The molecule has 20 aromatic rings. The highest BCUT2D eigenvalue weighted by atomic mass is 16.3. The minimum Gasteiger partial charge on any atom is -0.454 e. The molecule has 0 N–H and O–H groups in total. The highest BCUT2D eigenvalue weighted by molar-refractivity contribution is 6.30. The fourth-order valence-corrected chi connectivity index (χ4v) is 19.5. The van der Waals surface area contributed by atoms with E-state index < -0.39 is 0 Å². The summed E-state index contributed by atoms with van der Waals surface area (Å²) in [6.45, 7) is 14.3. The molecule has 104 heavy (non-hydrogen) atoms. The van der Waals surface area contributed by atoms with Gasteiger partial charge < -0.3 is 23.0 Å². The number of hydrogen-bond acceptors (Lipinski definition) is 4.